The van der Waals surface area contributed by atoms with Gasteiger partial charge in [-0.3, -0.25) is 4.79 Å². The summed E-state index contributed by atoms with van der Waals surface area (Å²) in [4.78, 5) is 14.0. The van der Waals surface area contributed by atoms with E-state index in [2.05, 4.69) is 11.8 Å². The maximum absolute atomic E-state index is 11.9. The maximum Gasteiger partial charge on any atom is 0.225 e. The van der Waals surface area contributed by atoms with Crippen LogP contribution in [-0.4, -0.2) is 23.9 Å². The molecule has 0 aromatic carbocycles. The standard InChI is InChI=1S/C11H19NO/c1-9-6-7-12(8-9)11(13)10-4-2-3-5-10/h9-10H,2-8H2,1H3/t9-/m1/s1. The molecule has 0 radical (unpaired) electrons. The summed E-state index contributed by atoms with van der Waals surface area (Å²) in [6.45, 7) is 4.26. The minimum absolute atomic E-state index is 0.380. The fourth-order valence-corrected chi connectivity index (χ4v) is 2.57. The number of carbonyl (C=O) groups excluding carboxylic acids is 1. The third kappa shape index (κ3) is 1.87. The number of rotatable bonds is 1. The molecule has 2 nitrogen and oxygen atoms in total. The molecule has 74 valence electrons. The average Bonchev–Trinajstić information content (AvgIpc) is 2.72. The number of likely N-dealkylation sites (tertiary alicyclic amines) is 1. The van der Waals surface area contributed by atoms with Gasteiger partial charge >= 0.3 is 0 Å². The van der Waals surface area contributed by atoms with Crippen LogP contribution in [0.5, 0.6) is 0 Å². The number of hydrogen-bond acceptors (Lipinski definition) is 1. The molecule has 0 unspecified atom stereocenters. The number of nitrogens with zero attached hydrogens (tertiary/aromatic N) is 1. The summed E-state index contributed by atoms with van der Waals surface area (Å²) < 4.78 is 0. The van der Waals surface area contributed by atoms with Gasteiger partial charge in [-0.25, -0.2) is 0 Å². The minimum atomic E-state index is 0.380. The lowest BCUT2D eigenvalue weighted by molar-refractivity contribution is -0.134. The molecule has 1 atom stereocenters. The molecule has 1 saturated heterocycles. The third-order valence-corrected chi connectivity index (χ3v) is 3.44. The molecule has 1 heterocycles. The lowest BCUT2D eigenvalue weighted by atomic mass is 10.1. The van der Waals surface area contributed by atoms with Crippen LogP contribution in [0.4, 0.5) is 0 Å². The summed E-state index contributed by atoms with van der Waals surface area (Å²) in [7, 11) is 0. The van der Waals surface area contributed by atoms with Gasteiger partial charge in [0.2, 0.25) is 5.91 Å². The molecule has 1 amide bonds. The van der Waals surface area contributed by atoms with E-state index in [0.29, 0.717) is 11.8 Å². The van der Waals surface area contributed by atoms with Crippen molar-refractivity contribution in [2.45, 2.75) is 39.0 Å². The fraction of sp³-hybridized carbons (Fsp3) is 0.909. The Labute approximate surface area is 80.3 Å². The lowest BCUT2D eigenvalue weighted by Crippen LogP contribution is -2.33. The first-order valence-corrected chi connectivity index (χ1v) is 5.56. The number of hydrogen-bond donors (Lipinski definition) is 0. The van der Waals surface area contributed by atoms with Gasteiger partial charge in [-0.15, -0.1) is 0 Å². The van der Waals surface area contributed by atoms with E-state index in [4.69, 9.17) is 0 Å². The predicted molar refractivity (Wildman–Crippen MR) is 52.3 cm³/mol. The second kappa shape index (κ2) is 3.69. The van der Waals surface area contributed by atoms with E-state index < -0.39 is 0 Å². The van der Waals surface area contributed by atoms with Crippen LogP contribution in [0.1, 0.15) is 39.0 Å². The maximum atomic E-state index is 11.9. The predicted octanol–water partition coefficient (Wildman–Crippen LogP) is 2.04. The molecule has 0 spiro atoms. The van der Waals surface area contributed by atoms with Crippen molar-refractivity contribution in [1.82, 2.24) is 4.90 Å². The zero-order valence-electron chi connectivity index (χ0n) is 8.46. The zero-order valence-corrected chi connectivity index (χ0v) is 8.46. The molecular weight excluding hydrogens is 162 g/mol. The van der Waals surface area contributed by atoms with Gasteiger partial charge in [-0.1, -0.05) is 19.8 Å². The topological polar surface area (TPSA) is 20.3 Å². The second-order valence-electron chi connectivity index (χ2n) is 4.66. The summed E-state index contributed by atoms with van der Waals surface area (Å²) in [6.07, 6.45) is 6.02. The highest BCUT2D eigenvalue weighted by molar-refractivity contribution is 5.79. The Morgan fingerprint density at radius 1 is 1.23 bits per heavy atom. The van der Waals surface area contributed by atoms with E-state index in [1.807, 2.05) is 0 Å². The van der Waals surface area contributed by atoms with Crippen LogP contribution in [0, 0.1) is 11.8 Å². The van der Waals surface area contributed by atoms with Crippen LogP contribution in [0.15, 0.2) is 0 Å². The molecule has 0 bridgehead atoms. The smallest absolute Gasteiger partial charge is 0.225 e. The first-order valence-electron chi connectivity index (χ1n) is 5.56. The molecule has 2 aliphatic rings. The molecule has 2 rings (SSSR count). The van der Waals surface area contributed by atoms with Crippen molar-refractivity contribution < 1.29 is 4.79 Å². The van der Waals surface area contributed by atoms with Crippen LogP contribution in [0.2, 0.25) is 0 Å². The average molecular weight is 181 g/mol. The Hall–Kier alpha value is -0.530. The van der Waals surface area contributed by atoms with Gasteiger partial charge in [0.15, 0.2) is 0 Å². The van der Waals surface area contributed by atoms with Crippen molar-refractivity contribution in [3.8, 4) is 0 Å². The normalized spacial score (nSPS) is 29.9. The number of amides is 1. The summed E-state index contributed by atoms with van der Waals surface area (Å²) >= 11 is 0. The SMILES string of the molecule is C[C@@H]1CCN(C(=O)C2CCCC2)C1. The van der Waals surface area contributed by atoms with Crippen molar-refractivity contribution >= 4 is 5.91 Å². The third-order valence-electron chi connectivity index (χ3n) is 3.44. The highest BCUT2D eigenvalue weighted by Gasteiger charge is 2.30. The van der Waals surface area contributed by atoms with Gasteiger partial charge < -0.3 is 4.90 Å². The van der Waals surface area contributed by atoms with Crippen LogP contribution < -0.4 is 0 Å². The summed E-state index contributed by atoms with van der Waals surface area (Å²) in [5.74, 6) is 1.55. The van der Waals surface area contributed by atoms with Crippen molar-refractivity contribution in [2.75, 3.05) is 13.1 Å². The lowest BCUT2D eigenvalue weighted by Gasteiger charge is -2.19. The largest absolute Gasteiger partial charge is 0.342 e. The van der Waals surface area contributed by atoms with E-state index >= 15 is 0 Å². The fourth-order valence-electron chi connectivity index (χ4n) is 2.57. The quantitative estimate of drug-likeness (QED) is 0.606. The van der Waals surface area contributed by atoms with Crippen LogP contribution in [0.3, 0.4) is 0 Å². The molecule has 1 saturated carbocycles. The summed E-state index contributed by atoms with van der Waals surface area (Å²) in [5.41, 5.74) is 0. The molecule has 1 aliphatic heterocycles. The Balaban J connectivity index is 1.89. The molecule has 2 fully saturated rings. The van der Waals surface area contributed by atoms with Crippen molar-refractivity contribution in [1.29, 1.82) is 0 Å². The van der Waals surface area contributed by atoms with E-state index in [1.165, 1.54) is 19.3 Å². The molecule has 2 heteroatoms. The van der Waals surface area contributed by atoms with Gasteiger partial charge in [0.1, 0.15) is 0 Å². The Morgan fingerprint density at radius 2 is 1.92 bits per heavy atom. The van der Waals surface area contributed by atoms with Crippen LogP contribution in [-0.2, 0) is 4.79 Å². The van der Waals surface area contributed by atoms with Gasteiger partial charge in [-0.05, 0) is 25.2 Å². The van der Waals surface area contributed by atoms with Crippen LogP contribution >= 0.6 is 0 Å². The Bertz CT molecular complexity index is 196. The number of carbonyl (C=O) groups is 1. The Morgan fingerprint density at radius 3 is 2.46 bits per heavy atom. The summed E-state index contributed by atoms with van der Waals surface area (Å²) in [5, 5.41) is 0. The van der Waals surface area contributed by atoms with E-state index in [9.17, 15) is 4.79 Å². The minimum Gasteiger partial charge on any atom is -0.342 e. The van der Waals surface area contributed by atoms with Crippen molar-refractivity contribution in [3.63, 3.8) is 0 Å². The first-order chi connectivity index (χ1) is 6.27. The molecule has 1 aliphatic carbocycles. The van der Waals surface area contributed by atoms with Crippen LogP contribution in [0.25, 0.3) is 0 Å². The first kappa shape index (κ1) is 9.04. The molecule has 0 aromatic heterocycles. The van der Waals surface area contributed by atoms with Crippen molar-refractivity contribution in [2.24, 2.45) is 11.8 Å². The highest BCUT2D eigenvalue weighted by Crippen LogP contribution is 2.28. The van der Waals surface area contributed by atoms with E-state index in [1.54, 1.807) is 0 Å². The zero-order chi connectivity index (χ0) is 9.26. The Kier molecular flexibility index (Phi) is 2.56. The monoisotopic (exact) mass is 181 g/mol. The summed E-state index contributed by atoms with van der Waals surface area (Å²) in [6, 6.07) is 0. The molecular formula is C11H19NO. The second-order valence-corrected chi connectivity index (χ2v) is 4.66. The molecule has 0 N–H and O–H groups in total. The molecule has 0 aromatic rings. The van der Waals surface area contributed by atoms with Crippen molar-refractivity contribution in [3.05, 3.63) is 0 Å². The highest BCUT2D eigenvalue weighted by atomic mass is 16.2. The van der Waals surface area contributed by atoms with E-state index in [0.717, 1.165) is 31.8 Å². The van der Waals surface area contributed by atoms with Gasteiger partial charge in [-0.2, -0.15) is 0 Å². The van der Waals surface area contributed by atoms with Gasteiger partial charge in [0.25, 0.3) is 0 Å². The molecule has 13 heavy (non-hydrogen) atoms. The van der Waals surface area contributed by atoms with Gasteiger partial charge in [0, 0.05) is 19.0 Å². The van der Waals surface area contributed by atoms with Gasteiger partial charge in [0.05, 0.1) is 0 Å². The van der Waals surface area contributed by atoms with E-state index in [-0.39, 0.29) is 0 Å².